The summed E-state index contributed by atoms with van der Waals surface area (Å²) in [6, 6.07) is 0. The fourth-order valence-corrected chi connectivity index (χ4v) is 3.65. The minimum Gasteiger partial charge on any atom is -0.510 e. The van der Waals surface area contributed by atoms with Gasteiger partial charge in [-0.25, -0.2) is 0 Å². The van der Waals surface area contributed by atoms with Crippen LogP contribution in [0.15, 0.2) is 11.8 Å². The van der Waals surface area contributed by atoms with E-state index in [9.17, 15) is 35.1 Å². The summed E-state index contributed by atoms with van der Waals surface area (Å²) in [7, 11) is 0. The lowest BCUT2D eigenvalue weighted by atomic mass is 10.00. The Morgan fingerprint density at radius 1 is 1.06 bits per heavy atom. The number of ketones is 1. The number of unbranched alkanes of at least 4 members (excludes halogenated alkanes) is 1. The molecule has 1 fully saturated rings. The maximum absolute atomic E-state index is 11.8. The Kier molecular flexibility index (Phi) is 12.5. The first-order chi connectivity index (χ1) is 16.6. The van der Waals surface area contributed by atoms with Gasteiger partial charge >= 0.3 is 0 Å². The van der Waals surface area contributed by atoms with Gasteiger partial charge in [-0.3, -0.25) is 9.59 Å². The summed E-state index contributed by atoms with van der Waals surface area (Å²) in [5.41, 5.74) is 5.06. The maximum atomic E-state index is 11.8. The molecular formula is C22H38N2O11. The van der Waals surface area contributed by atoms with Crippen LogP contribution in [0, 0.1) is 0 Å². The van der Waals surface area contributed by atoms with E-state index in [-0.39, 0.29) is 37.0 Å². The molecule has 0 spiro atoms. The van der Waals surface area contributed by atoms with E-state index in [1.807, 2.05) is 0 Å². The Morgan fingerprint density at radius 2 is 1.77 bits per heavy atom. The number of amides is 1. The van der Waals surface area contributed by atoms with E-state index < -0.39 is 55.8 Å². The lowest BCUT2D eigenvalue weighted by Gasteiger charge is -2.41. The van der Waals surface area contributed by atoms with Crippen molar-refractivity contribution >= 4 is 11.7 Å². The molecule has 1 amide bonds. The van der Waals surface area contributed by atoms with E-state index >= 15 is 0 Å². The second-order valence-electron chi connectivity index (χ2n) is 8.66. The molecule has 2 aliphatic rings. The van der Waals surface area contributed by atoms with Crippen molar-refractivity contribution in [1.82, 2.24) is 5.32 Å². The van der Waals surface area contributed by atoms with Crippen molar-refractivity contribution in [3.8, 4) is 0 Å². The van der Waals surface area contributed by atoms with Crippen LogP contribution in [0.5, 0.6) is 0 Å². The molecule has 2 rings (SSSR count). The van der Waals surface area contributed by atoms with E-state index in [4.69, 9.17) is 24.7 Å². The second-order valence-corrected chi connectivity index (χ2v) is 8.66. The van der Waals surface area contributed by atoms with Crippen LogP contribution < -0.4 is 11.1 Å². The zero-order valence-electron chi connectivity index (χ0n) is 19.8. The topological polar surface area (TPSA) is 210 Å². The Morgan fingerprint density at radius 3 is 2.46 bits per heavy atom. The fourth-order valence-electron chi connectivity index (χ4n) is 3.65. The number of hydrogen-bond acceptors (Lipinski definition) is 12. The summed E-state index contributed by atoms with van der Waals surface area (Å²) in [5, 5.41) is 52.5. The van der Waals surface area contributed by atoms with Crippen LogP contribution in [-0.4, -0.2) is 113 Å². The highest BCUT2D eigenvalue weighted by atomic mass is 16.7. The summed E-state index contributed by atoms with van der Waals surface area (Å²) in [4.78, 5) is 22.5. The zero-order chi connectivity index (χ0) is 26.0. The normalized spacial score (nSPS) is 33.3. The van der Waals surface area contributed by atoms with Crippen LogP contribution in [0.2, 0.25) is 0 Å². The molecule has 0 aromatic heterocycles. The van der Waals surface area contributed by atoms with E-state index in [1.54, 1.807) is 0 Å². The molecule has 13 nitrogen and oxygen atoms in total. The molecule has 0 aromatic carbocycles. The number of aliphatic hydroxyl groups is 5. The summed E-state index contributed by atoms with van der Waals surface area (Å²) in [6.07, 6.45) is -6.01. The Hall–Kier alpha value is -1.68. The number of nitrogens with one attached hydrogen (secondary N) is 1. The molecule has 0 saturated carbocycles. The van der Waals surface area contributed by atoms with Gasteiger partial charge in [0, 0.05) is 12.8 Å². The molecule has 8 atom stereocenters. The molecule has 2 aliphatic heterocycles. The van der Waals surface area contributed by atoms with Crippen molar-refractivity contribution in [2.75, 3.05) is 26.3 Å². The second kappa shape index (κ2) is 14.8. The third-order valence-corrected chi connectivity index (χ3v) is 5.73. The van der Waals surface area contributed by atoms with Crippen molar-refractivity contribution in [3.63, 3.8) is 0 Å². The van der Waals surface area contributed by atoms with Crippen LogP contribution in [0.25, 0.3) is 0 Å². The van der Waals surface area contributed by atoms with Gasteiger partial charge < -0.3 is 55.5 Å². The monoisotopic (exact) mass is 506 g/mol. The third kappa shape index (κ3) is 9.37. The van der Waals surface area contributed by atoms with E-state index in [0.29, 0.717) is 32.2 Å². The largest absolute Gasteiger partial charge is 0.510 e. The number of carbonyl (C=O) groups excluding carboxylic acids is 2. The molecular weight excluding hydrogens is 468 g/mol. The molecule has 0 bridgehead atoms. The summed E-state index contributed by atoms with van der Waals surface area (Å²) < 4.78 is 22.4. The smallest absolute Gasteiger partial charge is 0.217 e. The predicted octanol–water partition coefficient (Wildman–Crippen LogP) is -2.03. The SMILES string of the molecule is CC1OC(OC2C=C(O)C(CO)OC2OCCCNCC(=O)CCCCC(N)=O)C(O)C(O)C1O. The molecule has 0 aliphatic carbocycles. The molecule has 2 heterocycles. The van der Waals surface area contributed by atoms with Gasteiger partial charge in [0.05, 0.1) is 25.9 Å². The molecule has 35 heavy (non-hydrogen) atoms. The number of nitrogens with two attached hydrogens (primary N) is 1. The van der Waals surface area contributed by atoms with Crippen molar-refractivity contribution in [2.24, 2.45) is 5.73 Å². The highest BCUT2D eigenvalue weighted by molar-refractivity contribution is 5.80. The van der Waals surface area contributed by atoms with E-state index in [2.05, 4.69) is 5.32 Å². The van der Waals surface area contributed by atoms with Crippen molar-refractivity contribution in [2.45, 2.75) is 88.2 Å². The lowest BCUT2D eigenvalue weighted by Crippen LogP contribution is -2.59. The molecule has 0 aromatic rings. The summed E-state index contributed by atoms with van der Waals surface area (Å²) >= 11 is 0. The van der Waals surface area contributed by atoms with Crippen LogP contribution in [0.3, 0.4) is 0 Å². The number of hydrogen-bond donors (Lipinski definition) is 7. The molecule has 202 valence electrons. The standard InChI is InChI=1S/C22H38N2O11/c1-12-18(29)19(30)20(31)22(33-12)34-15-9-14(27)16(11-25)35-21(15)32-8-4-7-24-10-13(26)5-2-3-6-17(23)28/h9,12,15-16,18-22,24-25,27,29-31H,2-8,10-11H2,1H3,(H2,23,28). The minimum absolute atomic E-state index is 0.0263. The average molecular weight is 507 g/mol. The van der Waals surface area contributed by atoms with Crippen molar-refractivity contribution in [1.29, 1.82) is 0 Å². The number of primary amides is 1. The van der Waals surface area contributed by atoms with Gasteiger partial charge in [0.25, 0.3) is 0 Å². The zero-order valence-corrected chi connectivity index (χ0v) is 19.8. The number of carbonyl (C=O) groups is 2. The molecule has 13 heteroatoms. The molecule has 0 radical (unpaired) electrons. The quantitative estimate of drug-likeness (QED) is 0.120. The van der Waals surface area contributed by atoms with E-state index in [0.717, 1.165) is 0 Å². The lowest BCUT2D eigenvalue weighted by molar-refractivity contribution is -0.326. The van der Waals surface area contributed by atoms with Gasteiger partial charge in [0.15, 0.2) is 12.6 Å². The highest BCUT2D eigenvalue weighted by Gasteiger charge is 2.45. The number of Topliss-reactive ketones (excluding diaryl/α,β-unsaturated/α-hetero) is 1. The van der Waals surface area contributed by atoms with Gasteiger partial charge in [-0.2, -0.15) is 0 Å². The summed E-state index contributed by atoms with van der Waals surface area (Å²) in [6.45, 7) is 1.86. The first-order valence-corrected chi connectivity index (χ1v) is 11.8. The van der Waals surface area contributed by atoms with Gasteiger partial charge in [0.1, 0.15) is 42.1 Å². The van der Waals surface area contributed by atoms with Crippen molar-refractivity contribution in [3.05, 3.63) is 11.8 Å². The molecule has 1 saturated heterocycles. The van der Waals surface area contributed by atoms with Gasteiger partial charge in [0.2, 0.25) is 5.91 Å². The predicted molar refractivity (Wildman–Crippen MR) is 120 cm³/mol. The van der Waals surface area contributed by atoms with Crippen LogP contribution in [0.1, 0.15) is 39.0 Å². The maximum Gasteiger partial charge on any atom is 0.217 e. The average Bonchev–Trinajstić information content (AvgIpc) is 2.82. The molecule has 8 N–H and O–H groups in total. The Labute approximate surface area is 203 Å². The van der Waals surface area contributed by atoms with Crippen LogP contribution >= 0.6 is 0 Å². The Bertz CT molecular complexity index is 707. The third-order valence-electron chi connectivity index (χ3n) is 5.73. The fraction of sp³-hybridized carbons (Fsp3) is 0.818. The van der Waals surface area contributed by atoms with Crippen molar-refractivity contribution < 1.29 is 54.1 Å². The first-order valence-electron chi connectivity index (χ1n) is 11.8. The van der Waals surface area contributed by atoms with E-state index in [1.165, 1.54) is 13.0 Å². The minimum atomic E-state index is -1.55. The highest BCUT2D eigenvalue weighted by Crippen LogP contribution is 2.27. The number of rotatable bonds is 15. The molecule has 8 unspecified atom stereocenters. The summed E-state index contributed by atoms with van der Waals surface area (Å²) in [5.74, 6) is -0.639. The first kappa shape index (κ1) is 29.5. The van der Waals surface area contributed by atoms with Crippen LogP contribution in [0.4, 0.5) is 0 Å². The Balaban J connectivity index is 1.78. The van der Waals surface area contributed by atoms with Crippen LogP contribution in [-0.2, 0) is 28.5 Å². The number of aliphatic hydroxyl groups excluding tert-OH is 5. The van der Waals surface area contributed by atoms with Gasteiger partial charge in [-0.05, 0) is 38.8 Å². The van der Waals surface area contributed by atoms with Gasteiger partial charge in [-0.15, -0.1) is 0 Å². The van der Waals surface area contributed by atoms with Gasteiger partial charge in [-0.1, -0.05) is 0 Å². The number of ether oxygens (including phenoxy) is 4.